The SMILES string of the molecule is COC(=O)C1(CBr)CCOC1=O. The van der Waals surface area contributed by atoms with E-state index in [-0.39, 0.29) is 5.33 Å². The summed E-state index contributed by atoms with van der Waals surface area (Å²) in [5, 5.41) is 0.255. The average molecular weight is 237 g/mol. The number of hydrogen-bond acceptors (Lipinski definition) is 4. The monoisotopic (exact) mass is 236 g/mol. The standard InChI is InChI=1S/C7H9BrO4/c1-11-5(9)7(4-8)2-3-12-6(7)10/h2-4H2,1H3. The van der Waals surface area contributed by atoms with Crippen LogP contribution in [0.3, 0.4) is 0 Å². The van der Waals surface area contributed by atoms with Crippen LogP contribution in [0.2, 0.25) is 0 Å². The molecule has 68 valence electrons. The van der Waals surface area contributed by atoms with Crippen molar-refractivity contribution in [2.75, 3.05) is 19.0 Å². The molecule has 0 radical (unpaired) electrons. The summed E-state index contributed by atoms with van der Waals surface area (Å²) in [5.41, 5.74) is -1.10. The summed E-state index contributed by atoms with van der Waals surface area (Å²) in [6.45, 7) is 0.291. The predicted octanol–water partition coefficient (Wildman–Crippen LogP) is 0.488. The molecular weight excluding hydrogens is 228 g/mol. The van der Waals surface area contributed by atoms with E-state index in [1.807, 2.05) is 0 Å². The maximum atomic E-state index is 11.2. The summed E-state index contributed by atoms with van der Waals surface area (Å²) < 4.78 is 9.24. The third kappa shape index (κ3) is 1.22. The van der Waals surface area contributed by atoms with Gasteiger partial charge in [-0.2, -0.15) is 0 Å². The van der Waals surface area contributed by atoms with Crippen molar-refractivity contribution in [2.45, 2.75) is 6.42 Å². The third-order valence-electron chi connectivity index (χ3n) is 1.96. The number of alkyl halides is 1. The van der Waals surface area contributed by atoms with E-state index in [9.17, 15) is 9.59 Å². The summed E-state index contributed by atoms with van der Waals surface area (Å²) in [4.78, 5) is 22.4. The number of rotatable bonds is 2. The first-order valence-electron chi connectivity index (χ1n) is 3.49. The molecule has 4 nitrogen and oxygen atoms in total. The van der Waals surface area contributed by atoms with Crippen LogP contribution < -0.4 is 0 Å². The number of hydrogen-bond donors (Lipinski definition) is 0. The van der Waals surface area contributed by atoms with Crippen LogP contribution in [0.25, 0.3) is 0 Å². The zero-order valence-electron chi connectivity index (χ0n) is 6.63. The van der Waals surface area contributed by atoms with E-state index >= 15 is 0 Å². The number of esters is 2. The van der Waals surface area contributed by atoms with Gasteiger partial charge in [-0.1, -0.05) is 15.9 Å². The molecule has 12 heavy (non-hydrogen) atoms. The van der Waals surface area contributed by atoms with Crippen molar-refractivity contribution in [3.05, 3.63) is 0 Å². The first-order valence-corrected chi connectivity index (χ1v) is 4.61. The average Bonchev–Trinajstić information content (AvgIpc) is 2.46. The molecule has 0 aromatic rings. The molecule has 1 saturated heterocycles. The normalized spacial score (nSPS) is 28.3. The van der Waals surface area contributed by atoms with Gasteiger partial charge in [0.25, 0.3) is 0 Å². The van der Waals surface area contributed by atoms with E-state index in [0.717, 1.165) is 0 Å². The van der Waals surface area contributed by atoms with Crippen LogP contribution in [-0.2, 0) is 19.1 Å². The van der Waals surface area contributed by atoms with Crippen molar-refractivity contribution < 1.29 is 19.1 Å². The van der Waals surface area contributed by atoms with Gasteiger partial charge in [-0.25, -0.2) is 0 Å². The van der Waals surface area contributed by atoms with Gasteiger partial charge in [0, 0.05) is 11.8 Å². The molecule has 0 saturated carbocycles. The molecule has 0 aliphatic carbocycles. The van der Waals surface area contributed by atoms with E-state index in [2.05, 4.69) is 20.7 Å². The second-order valence-electron chi connectivity index (χ2n) is 2.59. The van der Waals surface area contributed by atoms with Gasteiger partial charge >= 0.3 is 11.9 Å². The highest BCUT2D eigenvalue weighted by molar-refractivity contribution is 9.09. The lowest BCUT2D eigenvalue weighted by molar-refractivity contribution is -0.160. The van der Waals surface area contributed by atoms with Crippen LogP contribution >= 0.6 is 15.9 Å². The van der Waals surface area contributed by atoms with Crippen molar-refractivity contribution in [2.24, 2.45) is 5.41 Å². The van der Waals surface area contributed by atoms with Gasteiger partial charge in [0.15, 0.2) is 5.41 Å². The van der Waals surface area contributed by atoms with E-state index < -0.39 is 17.4 Å². The van der Waals surface area contributed by atoms with Gasteiger partial charge < -0.3 is 9.47 Å². The highest BCUT2D eigenvalue weighted by atomic mass is 79.9. The van der Waals surface area contributed by atoms with Crippen LogP contribution in [0.15, 0.2) is 0 Å². The van der Waals surface area contributed by atoms with E-state index in [1.165, 1.54) is 7.11 Å². The minimum Gasteiger partial charge on any atom is -0.468 e. The second-order valence-corrected chi connectivity index (χ2v) is 3.15. The van der Waals surface area contributed by atoms with Gasteiger partial charge in [-0.05, 0) is 0 Å². The molecule has 0 aromatic heterocycles. The zero-order valence-corrected chi connectivity index (χ0v) is 8.22. The smallest absolute Gasteiger partial charge is 0.324 e. The predicted molar refractivity (Wildman–Crippen MR) is 43.8 cm³/mol. The second kappa shape index (κ2) is 3.43. The molecule has 0 spiro atoms. The molecule has 1 rings (SSSR count). The van der Waals surface area contributed by atoms with Crippen LogP contribution in [0.1, 0.15) is 6.42 Å². The summed E-state index contributed by atoms with van der Waals surface area (Å²) in [5.74, 6) is -1.02. The van der Waals surface area contributed by atoms with Crippen LogP contribution in [0.5, 0.6) is 0 Å². The van der Waals surface area contributed by atoms with Gasteiger partial charge in [0.1, 0.15) is 0 Å². The number of carbonyl (C=O) groups is 2. The molecular formula is C7H9BrO4. The highest BCUT2D eigenvalue weighted by Crippen LogP contribution is 2.33. The molecule has 1 unspecified atom stereocenters. The Morgan fingerprint density at radius 2 is 2.50 bits per heavy atom. The molecule has 0 amide bonds. The molecule has 1 atom stereocenters. The fourth-order valence-electron chi connectivity index (χ4n) is 1.11. The van der Waals surface area contributed by atoms with Crippen LogP contribution in [0.4, 0.5) is 0 Å². The molecule has 0 aromatic carbocycles. The first kappa shape index (κ1) is 9.51. The van der Waals surface area contributed by atoms with E-state index in [0.29, 0.717) is 13.0 Å². The minimum absolute atomic E-state index is 0.255. The maximum Gasteiger partial charge on any atom is 0.324 e. The summed E-state index contributed by atoms with van der Waals surface area (Å²) in [7, 11) is 1.26. The topological polar surface area (TPSA) is 52.6 Å². The molecule has 1 aliphatic rings. The lowest BCUT2D eigenvalue weighted by atomic mass is 9.89. The molecule has 1 heterocycles. The lowest BCUT2D eigenvalue weighted by Gasteiger charge is -2.17. The highest BCUT2D eigenvalue weighted by Gasteiger charge is 2.51. The summed E-state index contributed by atoms with van der Waals surface area (Å²) in [6, 6.07) is 0. The molecule has 1 aliphatic heterocycles. The molecule has 0 bridgehead atoms. The van der Waals surface area contributed by atoms with Crippen molar-refractivity contribution in [1.29, 1.82) is 0 Å². The Morgan fingerprint density at radius 3 is 2.83 bits per heavy atom. The Bertz CT molecular complexity index is 215. The quantitative estimate of drug-likeness (QED) is 0.398. The number of ether oxygens (including phenoxy) is 2. The Balaban J connectivity index is 2.88. The lowest BCUT2D eigenvalue weighted by Crippen LogP contribution is -2.38. The van der Waals surface area contributed by atoms with Crippen LogP contribution in [-0.4, -0.2) is 31.0 Å². The Labute approximate surface area is 78.3 Å². The molecule has 5 heteroatoms. The van der Waals surface area contributed by atoms with Crippen molar-refractivity contribution in [3.63, 3.8) is 0 Å². The largest absolute Gasteiger partial charge is 0.468 e. The zero-order chi connectivity index (χ0) is 9.19. The Kier molecular flexibility index (Phi) is 2.72. The van der Waals surface area contributed by atoms with E-state index in [1.54, 1.807) is 0 Å². The van der Waals surface area contributed by atoms with Gasteiger partial charge in [0.2, 0.25) is 0 Å². The fourth-order valence-corrected chi connectivity index (χ4v) is 1.85. The number of halogens is 1. The Morgan fingerprint density at radius 1 is 1.83 bits per heavy atom. The molecule has 0 N–H and O–H groups in total. The van der Waals surface area contributed by atoms with Gasteiger partial charge in [-0.3, -0.25) is 9.59 Å². The number of carbonyl (C=O) groups excluding carboxylic acids is 2. The van der Waals surface area contributed by atoms with Crippen molar-refractivity contribution in [1.82, 2.24) is 0 Å². The third-order valence-corrected chi connectivity index (χ3v) is 2.91. The Hall–Kier alpha value is -0.580. The number of cyclic esters (lactones) is 1. The van der Waals surface area contributed by atoms with Crippen LogP contribution in [0, 0.1) is 5.41 Å². The summed E-state index contributed by atoms with van der Waals surface area (Å²) >= 11 is 3.11. The van der Waals surface area contributed by atoms with Gasteiger partial charge in [0.05, 0.1) is 13.7 Å². The molecule has 1 fully saturated rings. The van der Waals surface area contributed by atoms with Gasteiger partial charge in [-0.15, -0.1) is 0 Å². The maximum absolute atomic E-state index is 11.2. The summed E-state index contributed by atoms with van der Waals surface area (Å²) in [6.07, 6.45) is 0.393. The van der Waals surface area contributed by atoms with E-state index in [4.69, 9.17) is 4.74 Å². The minimum atomic E-state index is -1.10. The fraction of sp³-hybridized carbons (Fsp3) is 0.714. The number of methoxy groups -OCH3 is 1. The van der Waals surface area contributed by atoms with Crippen molar-refractivity contribution >= 4 is 27.9 Å². The first-order chi connectivity index (χ1) is 5.67. The van der Waals surface area contributed by atoms with Crippen molar-refractivity contribution in [3.8, 4) is 0 Å².